The molecule has 0 saturated carbocycles. The highest BCUT2D eigenvalue weighted by atomic mass is 35.5. The highest BCUT2D eigenvalue weighted by molar-refractivity contribution is 6.28. The van der Waals surface area contributed by atoms with Gasteiger partial charge in [-0.05, 0) is 43.1 Å². The molecule has 1 N–H and O–H groups in total. The summed E-state index contributed by atoms with van der Waals surface area (Å²) in [6.07, 6.45) is 4.86. The quantitative estimate of drug-likeness (QED) is 0.831. The Hall–Kier alpha value is -1.52. The summed E-state index contributed by atoms with van der Waals surface area (Å²) >= 11 is 5.62. The molecule has 0 saturated heterocycles. The standard InChI is InChI=1S/C12H12ClN3O/c1-12(2,17)9-3-4-14-10(5-9)8-6-15-11(13)16-7-8/h3-7,17H,1-2H3. The van der Waals surface area contributed by atoms with Crippen molar-refractivity contribution >= 4 is 11.6 Å². The van der Waals surface area contributed by atoms with E-state index >= 15 is 0 Å². The zero-order valence-electron chi connectivity index (χ0n) is 9.55. The third-order valence-electron chi connectivity index (χ3n) is 2.38. The van der Waals surface area contributed by atoms with Gasteiger partial charge in [-0.3, -0.25) is 4.98 Å². The first-order chi connectivity index (χ1) is 7.97. The minimum Gasteiger partial charge on any atom is -0.386 e. The van der Waals surface area contributed by atoms with Gasteiger partial charge in [0.1, 0.15) is 0 Å². The molecule has 17 heavy (non-hydrogen) atoms. The molecule has 0 aliphatic carbocycles. The van der Waals surface area contributed by atoms with Gasteiger partial charge in [0.05, 0.1) is 11.3 Å². The number of hydrogen-bond acceptors (Lipinski definition) is 4. The molecule has 4 nitrogen and oxygen atoms in total. The minimum atomic E-state index is -0.898. The van der Waals surface area contributed by atoms with Crippen LogP contribution in [0.5, 0.6) is 0 Å². The molecule has 0 amide bonds. The molecule has 0 aliphatic rings. The van der Waals surface area contributed by atoms with Crippen molar-refractivity contribution in [1.82, 2.24) is 15.0 Å². The van der Waals surface area contributed by atoms with Gasteiger partial charge >= 0.3 is 0 Å². The van der Waals surface area contributed by atoms with E-state index in [0.717, 1.165) is 11.1 Å². The molecule has 88 valence electrons. The fraction of sp³-hybridized carbons (Fsp3) is 0.250. The van der Waals surface area contributed by atoms with Crippen LogP contribution in [0, 0.1) is 0 Å². The van der Waals surface area contributed by atoms with Gasteiger partial charge in [0.25, 0.3) is 0 Å². The topological polar surface area (TPSA) is 58.9 Å². The molecule has 0 aromatic carbocycles. The highest BCUT2D eigenvalue weighted by Crippen LogP contribution is 2.23. The van der Waals surface area contributed by atoms with Crippen molar-refractivity contribution in [1.29, 1.82) is 0 Å². The summed E-state index contributed by atoms with van der Waals surface area (Å²) in [7, 11) is 0. The lowest BCUT2D eigenvalue weighted by molar-refractivity contribution is 0.0785. The third kappa shape index (κ3) is 2.78. The second kappa shape index (κ2) is 4.39. The van der Waals surface area contributed by atoms with Gasteiger partial charge in [0, 0.05) is 24.2 Å². The molecule has 2 rings (SSSR count). The van der Waals surface area contributed by atoms with Gasteiger partial charge in [0.2, 0.25) is 5.28 Å². The maximum absolute atomic E-state index is 9.92. The fourth-order valence-corrected chi connectivity index (χ4v) is 1.51. The Morgan fingerprint density at radius 3 is 2.41 bits per heavy atom. The first-order valence-corrected chi connectivity index (χ1v) is 5.51. The van der Waals surface area contributed by atoms with E-state index in [1.807, 2.05) is 6.07 Å². The molecule has 0 atom stereocenters. The smallest absolute Gasteiger partial charge is 0.222 e. The molecule has 2 aromatic rings. The molecule has 0 bridgehead atoms. The van der Waals surface area contributed by atoms with Crippen molar-refractivity contribution < 1.29 is 5.11 Å². The molecule has 0 fully saturated rings. The molecule has 0 radical (unpaired) electrons. The summed E-state index contributed by atoms with van der Waals surface area (Å²) in [5.41, 5.74) is 1.37. The molecule has 0 aliphatic heterocycles. The monoisotopic (exact) mass is 249 g/mol. The van der Waals surface area contributed by atoms with Gasteiger partial charge in [-0.1, -0.05) is 0 Å². The van der Waals surface area contributed by atoms with Crippen molar-refractivity contribution in [3.63, 3.8) is 0 Å². The van der Waals surface area contributed by atoms with Crippen LogP contribution in [0.25, 0.3) is 11.3 Å². The van der Waals surface area contributed by atoms with Gasteiger partial charge in [0.15, 0.2) is 0 Å². The number of rotatable bonds is 2. The third-order valence-corrected chi connectivity index (χ3v) is 2.58. The largest absolute Gasteiger partial charge is 0.386 e. The van der Waals surface area contributed by atoms with E-state index in [2.05, 4.69) is 15.0 Å². The van der Waals surface area contributed by atoms with Crippen LogP contribution < -0.4 is 0 Å². The molecule has 2 heterocycles. The van der Waals surface area contributed by atoms with Gasteiger partial charge < -0.3 is 5.11 Å². The predicted octanol–water partition coefficient (Wildman–Crippen LogP) is 2.42. The SMILES string of the molecule is CC(C)(O)c1ccnc(-c2cnc(Cl)nc2)c1. The summed E-state index contributed by atoms with van der Waals surface area (Å²) in [5, 5.41) is 10.1. The van der Waals surface area contributed by atoms with Crippen molar-refractivity contribution in [2.24, 2.45) is 0 Å². The number of nitrogens with zero attached hydrogens (tertiary/aromatic N) is 3. The Bertz CT molecular complexity index is 520. The van der Waals surface area contributed by atoms with Crippen LogP contribution in [0.4, 0.5) is 0 Å². The zero-order chi connectivity index (χ0) is 12.5. The molecule has 2 aromatic heterocycles. The summed E-state index contributed by atoms with van der Waals surface area (Å²) in [4.78, 5) is 12.0. The maximum Gasteiger partial charge on any atom is 0.222 e. The van der Waals surface area contributed by atoms with E-state index in [9.17, 15) is 5.11 Å². The van der Waals surface area contributed by atoms with Crippen LogP contribution in [0.1, 0.15) is 19.4 Å². The molecule has 5 heteroatoms. The lowest BCUT2D eigenvalue weighted by Gasteiger charge is -2.18. The molecular formula is C12H12ClN3O. The van der Waals surface area contributed by atoms with Crippen LogP contribution in [-0.4, -0.2) is 20.1 Å². The maximum atomic E-state index is 9.92. The highest BCUT2D eigenvalue weighted by Gasteiger charge is 2.16. The molecule has 0 unspecified atom stereocenters. The van der Waals surface area contributed by atoms with Crippen LogP contribution in [0.2, 0.25) is 5.28 Å². The Balaban J connectivity index is 2.43. The summed E-state index contributed by atoms with van der Waals surface area (Å²) in [6.45, 7) is 3.45. The molecule has 0 spiro atoms. The predicted molar refractivity (Wildman–Crippen MR) is 65.5 cm³/mol. The first-order valence-electron chi connectivity index (χ1n) is 5.13. The van der Waals surface area contributed by atoms with Gasteiger partial charge in [-0.2, -0.15) is 0 Å². The van der Waals surface area contributed by atoms with Crippen molar-refractivity contribution in [3.8, 4) is 11.3 Å². The van der Waals surface area contributed by atoms with Gasteiger partial charge in [-0.25, -0.2) is 9.97 Å². The fourth-order valence-electron chi connectivity index (χ4n) is 1.41. The van der Waals surface area contributed by atoms with E-state index in [4.69, 9.17) is 11.6 Å². The van der Waals surface area contributed by atoms with E-state index in [1.54, 1.807) is 38.5 Å². The summed E-state index contributed by atoms with van der Waals surface area (Å²) in [5.74, 6) is 0. The normalized spacial score (nSPS) is 11.5. The Kier molecular flexibility index (Phi) is 3.09. The van der Waals surface area contributed by atoms with E-state index < -0.39 is 5.60 Å². The average molecular weight is 250 g/mol. The van der Waals surface area contributed by atoms with Crippen molar-refractivity contribution in [2.45, 2.75) is 19.4 Å². The van der Waals surface area contributed by atoms with Crippen molar-refractivity contribution in [2.75, 3.05) is 0 Å². The van der Waals surface area contributed by atoms with Crippen LogP contribution in [-0.2, 0) is 5.60 Å². The Morgan fingerprint density at radius 1 is 1.18 bits per heavy atom. The van der Waals surface area contributed by atoms with Crippen LogP contribution >= 0.6 is 11.6 Å². The number of halogens is 1. The number of aliphatic hydroxyl groups is 1. The second-order valence-corrected chi connectivity index (χ2v) is 4.57. The number of hydrogen-bond donors (Lipinski definition) is 1. The minimum absolute atomic E-state index is 0.201. The Labute approximate surface area is 104 Å². The summed E-state index contributed by atoms with van der Waals surface area (Å²) in [6, 6.07) is 3.59. The van der Waals surface area contributed by atoms with Gasteiger partial charge in [-0.15, -0.1) is 0 Å². The summed E-state index contributed by atoms with van der Waals surface area (Å²) < 4.78 is 0. The average Bonchev–Trinajstić information content (AvgIpc) is 2.29. The van der Waals surface area contributed by atoms with Crippen molar-refractivity contribution in [3.05, 3.63) is 41.6 Å². The zero-order valence-corrected chi connectivity index (χ0v) is 10.3. The lowest BCUT2D eigenvalue weighted by Crippen LogP contribution is -2.15. The Morgan fingerprint density at radius 2 is 1.82 bits per heavy atom. The van der Waals surface area contributed by atoms with E-state index in [0.29, 0.717) is 5.69 Å². The van der Waals surface area contributed by atoms with Crippen LogP contribution in [0.15, 0.2) is 30.7 Å². The first kappa shape index (κ1) is 12.0. The number of aromatic nitrogens is 3. The van der Waals surface area contributed by atoms with Crippen LogP contribution in [0.3, 0.4) is 0 Å². The number of pyridine rings is 1. The second-order valence-electron chi connectivity index (χ2n) is 4.23. The van der Waals surface area contributed by atoms with E-state index in [-0.39, 0.29) is 5.28 Å². The van der Waals surface area contributed by atoms with E-state index in [1.165, 1.54) is 0 Å². The lowest BCUT2D eigenvalue weighted by atomic mass is 9.98. The molecular weight excluding hydrogens is 238 g/mol.